The average Bonchev–Trinajstić information content (AvgIpc) is 2.38. The Morgan fingerprint density at radius 3 is 2.11 bits per heavy atom. The van der Waals surface area contributed by atoms with E-state index in [4.69, 9.17) is 0 Å². The second-order valence-electron chi connectivity index (χ2n) is 5.59. The molecule has 0 spiro atoms. The molecule has 2 aromatic carbocycles. The first-order valence-electron chi connectivity index (χ1n) is 6.35. The van der Waals surface area contributed by atoms with Gasteiger partial charge in [-0.25, -0.2) is 0 Å². The van der Waals surface area contributed by atoms with Crippen LogP contribution in [0.4, 0.5) is 0 Å². The molecule has 0 fully saturated rings. The zero-order valence-corrected chi connectivity index (χ0v) is 12.4. The molecule has 0 atom stereocenters. The summed E-state index contributed by atoms with van der Waals surface area (Å²) in [4.78, 5) is 0. The lowest BCUT2D eigenvalue weighted by atomic mass is 10.0. The standard InChI is InChI=1S/C17H20Si/c1-5-14-12-9-13-16(17(14)18(2,3)4)15-10-7-6-8-11-15/h5-13H,1H2,2-4H3. The predicted octanol–water partition coefficient (Wildman–Crippen LogP) is 4.54. The molecule has 0 unspecified atom stereocenters. The van der Waals surface area contributed by atoms with Crippen LogP contribution in [0.15, 0.2) is 55.1 Å². The molecule has 0 aliphatic rings. The third-order valence-corrected chi connectivity index (χ3v) is 5.21. The van der Waals surface area contributed by atoms with Gasteiger partial charge in [0.15, 0.2) is 0 Å². The smallest absolute Gasteiger partial charge is 0.0791 e. The Kier molecular flexibility index (Phi) is 3.53. The highest BCUT2D eigenvalue weighted by atomic mass is 28.3. The summed E-state index contributed by atoms with van der Waals surface area (Å²) < 4.78 is 0. The minimum Gasteiger partial charge on any atom is -0.0985 e. The Labute approximate surface area is 111 Å². The lowest BCUT2D eigenvalue weighted by Crippen LogP contribution is -2.40. The Morgan fingerprint density at radius 2 is 1.56 bits per heavy atom. The molecule has 92 valence electrons. The summed E-state index contributed by atoms with van der Waals surface area (Å²) in [6, 6.07) is 17.2. The molecule has 0 heterocycles. The Bertz CT molecular complexity index is 548. The van der Waals surface area contributed by atoms with Crippen molar-refractivity contribution in [2.45, 2.75) is 19.6 Å². The second kappa shape index (κ2) is 4.95. The van der Waals surface area contributed by atoms with E-state index in [1.807, 2.05) is 6.08 Å². The van der Waals surface area contributed by atoms with E-state index in [0.717, 1.165) is 0 Å². The summed E-state index contributed by atoms with van der Waals surface area (Å²) in [5, 5.41) is 1.51. The normalized spacial score (nSPS) is 11.3. The molecule has 2 aromatic rings. The SMILES string of the molecule is C=Cc1cccc(-c2ccccc2)c1[Si](C)(C)C. The Morgan fingerprint density at radius 1 is 0.889 bits per heavy atom. The predicted molar refractivity (Wildman–Crippen MR) is 84.9 cm³/mol. The molecule has 0 saturated carbocycles. The third-order valence-electron chi connectivity index (χ3n) is 3.15. The van der Waals surface area contributed by atoms with Gasteiger partial charge in [0, 0.05) is 0 Å². The second-order valence-corrected chi connectivity index (χ2v) is 10.6. The molecule has 0 aromatic heterocycles. The van der Waals surface area contributed by atoms with E-state index in [1.54, 1.807) is 0 Å². The maximum Gasteiger partial charge on any atom is 0.0791 e. The van der Waals surface area contributed by atoms with Crippen LogP contribution in [0.2, 0.25) is 19.6 Å². The molecular weight excluding hydrogens is 232 g/mol. The van der Waals surface area contributed by atoms with E-state index in [9.17, 15) is 0 Å². The first-order valence-corrected chi connectivity index (χ1v) is 9.85. The van der Waals surface area contributed by atoms with Gasteiger partial charge < -0.3 is 0 Å². The van der Waals surface area contributed by atoms with Crippen LogP contribution in [-0.4, -0.2) is 8.07 Å². The highest BCUT2D eigenvalue weighted by Crippen LogP contribution is 2.22. The van der Waals surface area contributed by atoms with Crippen molar-refractivity contribution in [3.8, 4) is 11.1 Å². The van der Waals surface area contributed by atoms with Crippen LogP contribution in [-0.2, 0) is 0 Å². The van der Waals surface area contributed by atoms with Crippen molar-refractivity contribution in [3.63, 3.8) is 0 Å². The van der Waals surface area contributed by atoms with E-state index in [1.165, 1.54) is 21.9 Å². The number of hydrogen-bond donors (Lipinski definition) is 0. The van der Waals surface area contributed by atoms with Gasteiger partial charge in [-0.15, -0.1) is 0 Å². The highest BCUT2D eigenvalue weighted by molar-refractivity contribution is 6.90. The lowest BCUT2D eigenvalue weighted by molar-refractivity contribution is 1.60. The van der Waals surface area contributed by atoms with Crippen LogP contribution in [0.5, 0.6) is 0 Å². The molecule has 0 nitrogen and oxygen atoms in total. The molecule has 0 N–H and O–H groups in total. The molecule has 2 rings (SSSR count). The molecular formula is C17H20Si. The molecule has 0 bridgehead atoms. The monoisotopic (exact) mass is 252 g/mol. The van der Waals surface area contributed by atoms with Crippen molar-refractivity contribution in [2.24, 2.45) is 0 Å². The fourth-order valence-electron chi connectivity index (χ4n) is 2.44. The van der Waals surface area contributed by atoms with E-state index in [-0.39, 0.29) is 0 Å². The number of rotatable bonds is 3. The fraction of sp³-hybridized carbons (Fsp3) is 0.176. The largest absolute Gasteiger partial charge is 0.0985 e. The van der Waals surface area contributed by atoms with E-state index >= 15 is 0 Å². The number of hydrogen-bond acceptors (Lipinski definition) is 0. The van der Waals surface area contributed by atoms with Crippen LogP contribution < -0.4 is 5.19 Å². The molecule has 0 amide bonds. The van der Waals surface area contributed by atoms with Gasteiger partial charge in [-0.1, -0.05) is 80.8 Å². The van der Waals surface area contributed by atoms with Gasteiger partial charge in [-0.3, -0.25) is 0 Å². The highest BCUT2D eigenvalue weighted by Gasteiger charge is 2.23. The molecule has 1 heteroatoms. The summed E-state index contributed by atoms with van der Waals surface area (Å²) in [5.41, 5.74) is 3.96. The summed E-state index contributed by atoms with van der Waals surface area (Å²) in [6.07, 6.45) is 1.99. The first kappa shape index (κ1) is 12.8. The van der Waals surface area contributed by atoms with Crippen LogP contribution in [0.1, 0.15) is 5.56 Å². The summed E-state index contributed by atoms with van der Waals surface area (Å²) in [5.74, 6) is 0. The number of benzene rings is 2. The van der Waals surface area contributed by atoms with Crippen LogP contribution in [0, 0.1) is 0 Å². The van der Waals surface area contributed by atoms with Gasteiger partial charge in [0.2, 0.25) is 0 Å². The van der Waals surface area contributed by atoms with Gasteiger partial charge >= 0.3 is 0 Å². The van der Waals surface area contributed by atoms with Gasteiger partial charge in [0.1, 0.15) is 0 Å². The van der Waals surface area contributed by atoms with Crippen molar-refractivity contribution in [3.05, 3.63) is 60.7 Å². The summed E-state index contributed by atoms with van der Waals surface area (Å²) >= 11 is 0. The van der Waals surface area contributed by atoms with Crippen LogP contribution >= 0.6 is 0 Å². The van der Waals surface area contributed by atoms with E-state index in [0.29, 0.717) is 0 Å². The van der Waals surface area contributed by atoms with E-state index < -0.39 is 8.07 Å². The third kappa shape index (κ3) is 2.46. The van der Waals surface area contributed by atoms with Gasteiger partial charge in [-0.2, -0.15) is 0 Å². The van der Waals surface area contributed by atoms with Gasteiger partial charge in [-0.05, 0) is 21.9 Å². The fourth-order valence-corrected chi connectivity index (χ4v) is 4.52. The zero-order valence-electron chi connectivity index (χ0n) is 11.4. The zero-order chi connectivity index (χ0) is 13.2. The van der Waals surface area contributed by atoms with Crippen molar-refractivity contribution < 1.29 is 0 Å². The van der Waals surface area contributed by atoms with E-state index in [2.05, 4.69) is 74.8 Å². The first-order chi connectivity index (χ1) is 8.54. The molecule has 0 aliphatic carbocycles. The topological polar surface area (TPSA) is 0 Å². The molecule has 0 aliphatic heterocycles. The van der Waals surface area contributed by atoms with Crippen molar-refractivity contribution in [2.75, 3.05) is 0 Å². The molecule has 0 radical (unpaired) electrons. The van der Waals surface area contributed by atoms with Crippen molar-refractivity contribution in [1.29, 1.82) is 0 Å². The minimum atomic E-state index is -1.40. The minimum absolute atomic E-state index is 1.29. The van der Waals surface area contributed by atoms with Gasteiger partial charge in [0.25, 0.3) is 0 Å². The average molecular weight is 252 g/mol. The van der Waals surface area contributed by atoms with Crippen LogP contribution in [0.3, 0.4) is 0 Å². The summed E-state index contributed by atoms with van der Waals surface area (Å²) in [6.45, 7) is 11.1. The van der Waals surface area contributed by atoms with Crippen molar-refractivity contribution in [1.82, 2.24) is 0 Å². The lowest BCUT2D eigenvalue weighted by Gasteiger charge is -2.24. The quantitative estimate of drug-likeness (QED) is 0.703. The Hall–Kier alpha value is -1.60. The molecule has 0 saturated heterocycles. The van der Waals surface area contributed by atoms with Crippen molar-refractivity contribution >= 4 is 19.3 Å². The van der Waals surface area contributed by atoms with Gasteiger partial charge in [0.05, 0.1) is 8.07 Å². The maximum atomic E-state index is 3.96. The van der Waals surface area contributed by atoms with Crippen LogP contribution in [0.25, 0.3) is 17.2 Å². The Balaban J connectivity index is 2.72. The summed E-state index contributed by atoms with van der Waals surface area (Å²) in [7, 11) is -1.40. The molecule has 18 heavy (non-hydrogen) atoms. The maximum absolute atomic E-state index is 3.96.